The summed E-state index contributed by atoms with van der Waals surface area (Å²) in [4.78, 5) is 78.1. The van der Waals surface area contributed by atoms with Gasteiger partial charge < -0.3 is 30.4 Å². The molecule has 8 aromatic carbocycles. The molecule has 4 unspecified atom stereocenters. The number of nitrogens with two attached hydrogens (primary N) is 1. The van der Waals surface area contributed by atoms with Crippen molar-refractivity contribution in [2.75, 3.05) is 33.9 Å². The van der Waals surface area contributed by atoms with Crippen LogP contribution in [0.15, 0.2) is 223 Å². The van der Waals surface area contributed by atoms with Gasteiger partial charge in [0.1, 0.15) is 28.5 Å². The maximum Gasteiger partial charge on any atom is 0.272 e. The number of nitrogens with zero attached hydrogens (tertiary/aromatic N) is 8. The van der Waals surface area contributed by atoms with Crippen molar-refractivity contribution in [2.45, 2.75) is 110 Å². The van der Waals surface area contributed by atoms with E-state index in [9.17, 15) is 24.3 Å². The number of hydrogen-bond acceptors (Lipinski definition) is 11. The molecular formula is C84H88ClN9O5S. The lowest BCUT2D eigenvalue weighted by molar-refractivity contribution is 0.0727. The first-order valence-electron chi connectivity index (χ1n) is 33.9. The predicted molar refractivity (Wildman–Crippen MR) is 414 cm³/mol. The molecule has 0 aliphatic heterocycles. The average molecular weight is 1370 g/mol. The van der Waals surface area contributed by atoms with E-state index in [-0.39, 0.29) is 53.5 Å². The van der Waals surface area contributed by atoms with Crippen molar-refractivity contribution in [1.82, 2.24) is 39.5 Å². The second-order valence-corrected chi connectivity index (χ2v) is 26.0. The van der Waals surface area contributed by atoms with Gasteiger partial charge in [-0.25, -0.2) is 19.9 Å². The van der Waals surface area contributed by atoms with Crippen LogP contribution in [0, 0.1) is 0 Å². The monoisotopic (exact) mass is 1370 g/mol. The number of aromatic nitrogens is 4. The summed E-state index contributed by atoms with van der Waals surface area (Å²) in [6.07, 6.45) is 3.58. The van der Waals surface area contributed by atoms with Crippen LogP contribution in [0.2, 0.25) is 5.02 Å². The van der Waals surface area contributed by atoms with E-state index in [1.54, 1.807) is 38.8 Å². The number of halogens is 1. The molecule has 0 aliphatic rings. The van der Waals surface area contributed by atoms with Crippen molar-refractivity contribution in [3.05, 3.63) is 246 Å². The zero-order valence-electron chi connectivity index (χ0n) is 59.0. The molecule has 4 heterocycles. The smallest absolute Gasteiger partial charge is 0.272 e. The van der Waals surface area contributed by atoms with Crippen LogP contribution < -0.4 is 5.73 Å². The summed E-state index contributed by atoms with van der Waals surface area (Å²) < 4.78 is 0. The van der Waals surface area contributed by atoms with Crippen LogP contribution in [0.1, 0.15) is 123 Å². The normalized spacial score (nSPS) is 12.1. The van der Waals surface area contributed by atoms with E-state index >= 15 is 0 Å². The van der Waals surface area contributed by atoms with Gasteiger partial charge in [0.05, 0.1) is 22.8 Å². The minimum absolute atomic E-state index is 0.0574. The Bertz CT molecular complexity index is 4300. The lowest BCUT2D eigenvalue weighted by atomic mass is 10.0. The predicted octanol–water partition coefficient (Wildman–Crippen LogP) is 19.3. The van der Waals surface area contributed by atoms with Crippen LogP contribution in [0.4, 0.5) is 5.69 Å². The Morgan fingerprint density at radius 1 is 0.380 bits per heavy atom. The number of carbonyl (C=O) groups excluding carboxylic acids is 4. The fraction of sp³-hybridized carbons (Fsp3) is 0.238. The summed E-state index contributed by atoms with van der Waals surface area (Å²) in [5, 5.41) is 18.7. The summed E-state index contributed by atoms with van der Waals surface area (Å²) in [6, 6.07) is 69.8. The fourth-order valence-corrected chi connectivity index (χ4v) is 11.9. The van der Waals surface area contributed by atoms with Gasteiger partial charge in [-0.1, -0.05) is 203 Å². The number of phenols is 1. The molecule has 3 N–H and O–H groups in total. The molecule has 100 heavy (non-hydrogen) atoms. The van der Waals surface area contributed by atoms with Crippen LogP contribution >= 0.6 is 24.2 Å². The molecule has 4 atom stereocenters. The first kappa shape index (κ1) is 73.8. The number of amides is 4. The van der Waals surface area contributed by atoms with E-state index in [1.165, 1.54) is 0 Å². The van der Waals surface area contributed by atoms with Crippen LogP contribution in [-0.2, 0) is 0 Å². The lowest BCUT2D eigenvalue weighted by Gasteiger charge is -2.24. The molecule has 0 radical (unpaired) electrons. The molecule has 12 rings (SSSR count). The van der Waals surface area contributed by atoms with Gasteiger partial charge in [-0.3, -0.25) is 19.2 Å². The third kappa shape index (κ3) is 16.8. The molecule has 0 fully saturated rings. The Morgan fingerprint density at radius 3 is 0.970 bits per heavy atom. The molecule has 4 amide bonds. The molecular weight excluding hydrogens is 1280 g/mol. The molecule has 0 spiro atoms. The standard InChI is InChI=1S/C21H21ClN2O.C21H23N3O.C21H22N2O2.C21H22N2OS/c2*1-4-14(2)24(3)21(25)19-13-15-9-5-6-10-16(15)20(23-19)17-11-7-8-12-18(17)22;1-4-14(2)23(3)21(25)18-13-15-9-5-6-10-16(15)20(22-18)17-11-7-8-12-19(17)24;1-4-14(2)23(3)21(24)18-13-15-9-5-6-10-16(15)20(22-18)17-11-7-8-12-19(17)25/h5-14H,4H2,1-3H3;5-14H,4,22H2,1-3H3;5-14,24H,4H2,1-3H3;5-14,25H,4H2,1-3H3. The maximum absolute atomic E-state index is 12.9. The van der Waals surface area contributed by atoms with Crippen molar-refractivity contribution < 1.29 is 24.3 Å². The van der Waals surface area contributed by atoms with Crippen molar-refractivity contribution in [3.63, 3.8) is 0 Å². The number of nitrogen functional groups attached to an aromatic ring is 1. The van der Waals surface area contributed by atoms with Gasteiger partial charge in [0, 0.05) is 112 Å². The molecule has 0 saturated carbocycles. The van der Waals surface area contributed by atoms with E-state index in [0.29, 0.717) is 44.7 Å². The summed E-state index contributed by atoms with van der Waals surface area (Å²) >= 11 is 11.0. The zero-order valence-corrected chi connectivity index (χ0v) is 60.6. The fourth-order valence-electron chi connectivity index (χ4n) is 11.4. The van der Waals surface area contributed by atoms with Gasteiger partial charge >= 0.3 is 0 Å². The molecule has 0 bridgehead atoms. The highest BCUT2D eigenvalue weighted by atomic mass is 35.5. The van der Waals surface area contributed by atoms with E-state index in [2.05, 4.69) is 45.3 Å². The van der Waals surface area contributed by atoms with Gasteiger partial charge in [0.2, 0.25) is 0 Å². The quantitative estimate of drug-likeness (QED) is 0.0623. The number of para-hydroxylation sites is 2. The van der Waals surface area contributed by atoms with E-state index < -0.39 is 0 Å². The number of rotatable bonds is 16. The average Bonchev–Trinajstić information content (AvgIpc) is 0.800. The van der Waals surface area contributed by atoms with Crippen molar-refractivity contribution >= 4 is 96.6 Å². The molecule has 512 valence electrons. The number of hydrogen-bond donors (Lipinski definition) is 3. The van der Waals surface area contributed by atoms with Crippen molar-refractivity contribution in [2.24, 2.45) is 0 Å². The molecule has 4 aromatic heterocycles. The lowest BCUT2D eigenvalue weighted by Crippen LogP contribution is -2.35. The number of thiol groups is 1. The number of fused-ring (bicyclic) bond motifs is 4. The first-order chi connectivity index (χ1) is 48.1. The molecule has 14 nitrogen and oxygen atoms in total. The highest BCUT2D eigenvalue weighted by Gasteiger charge is 2.25. The third-order valence-corrected chi connectivity index (χ3v) is 19.5. The molecule has 0 aliphatic carbocycles. The number of aromatic hydroxyl groups is 1. The number of benzene rings is 8. The van der Waals surface area contributed by atoms with Gasteiger partial charge in [-0.05, 0) is 130 Å². The largest absolute Gasteiger partial charge is 0.507 e. The van der Waals surface area contributed by atoms with E-state index in [4.69, 9.17) is 32.3 Å². The van der Waals surface area contributed by atoms with Gasteiger partial charge in [-0.2, -0.15) is 0 Å². The Labute approximate surface area is 597 Å². The Morgan fingerprint density at radius 2 is 0.640 bits per heavy atom. The van der Waals surface area contributed by atoms with Gasteiger partial charge in [-0.15, -0.1) is 12.6 Å². The van der Waals surface area contributed by atoms with Crippen LogP contribution in [-0.4, -0.2) is 121 Å². The zero-order chi connectivity index (χ0) is 71.9. The van der Waals surface area contributed by atoms with Gasteiger partial charge in [0.25, 0.3) is 23.6 Å². The number of pyridine rings is 4. The van der Waals surface area contributed by atoms with E-state index in [0.717, 1.165) is 107 Å². The minimum Gasteiger partial charge on any atom is -0.507 e. The van der Waals surface area contributed by atoms with Crippen molar-refractivity contribution in [1.29, 1.82) is 0 Å². The SMILES string of the molecule is CCC(C)N(C)C(=O)c1cc2ccccc2c(-c2ccccc2Cl)n1.CCC(C)N(C)C(=O)c1cc2ccccc2c(-c2ccccc2N)n1.CCC(C)N(C)C(=O)c1cc2ccccc2c(-c2ccccc2O)n1.CCC(C)N(C)C(=O)c1cc2ccccc2c(-c2ccccc2S)n1. The topological polar surface area (TPSA) is 179 Å². The van der Waals surface area contributed by atoms with Crippen LogP contribution in [0.3, 0.4) is 0 Å². The Hall–Kier alpha value is -10.5. The van der Waals surface area contributed by atoms with E-state index in [1.807, 2.05) is 255 Å². The second-order valence-electron chi connectivity index (χ2n) is 25.1. The first-order valence-corrected chi connectivity index (χ1v) is 34.8. The Kier molecular flexibility index (Phi) is 25.0. The maximum atomic E-state index is 12.9. The van der Waals surface area contributed by atoms with Crippen molar-refractivity contribution in [3.8, 4) is 50.8 Å². The number of anilines is 1. The Balaban J connectivity index is 0.000000156. The third-order valence-electron chi connectivity index (χ3n) is 18.8. The molecule has 16 heteroatoms. The molecule has 0 saturated heterocycles. The summed E-state index contributed by atoms with van der Waals surface area (Å²) in [5.74, 6) is -0.168. The highest BCUT2D eigenvalue weighted by Crippen LogP contribution is 2.37. The minimum atomic E-state index is -0.114. The summed E-state index contributed by atoms with van der Waals surface area (Å²) in [6.45, 7) is 16.4. The second kappa shape index (κ2) is 33.9. The number of phenolic OH excluding ortho intramolecular Hbond substituents is 1. The summed E-state index contributed by atoms with van der Waals surface area (Å²) in [7, 11) is 7.28. The highest BCUT2D eigenvalue weighted by molar-refractivity contribution is 7.80. The summed E-state index contributed by atoms with van der Waals surface area (Å²) in [5.41, 5.74) is 14.7. The molecule has 12 aromatic rings. The number of carbonyl (C=O) groups is 4. The van der Waals surface area contributed by atoms with Gasteiger partial charge in [0.15, 0.2) is 0 Å². The van der Waals surface area contributed by atoms with Crippen LogP contribution in [0.25, 0.3) is 88.1 Å². The van der Waals surface area contributed by atoms with Crippen LogP contribution in [0.5, 0.6) is 5.75 Å².